The van der Waals surface area contributed by atoms with E-state index >= 15 is 0 Å². The third-order valence-electron chi connectivity index (χ3n) is 3.66. The minimum Gasteiger partial charge on any atom is -0.357 e. The van der Waals surface area contributed by atoms with Crippen LogP contribution in [0.5, 0.6) is 0 Å². The van der Waals surface area contributed by atoms with Crippen LogP contribution in [-0.4, -0.2) is 37.4 Å². The van der Waals surface area contributed by atoms with Gasteiger partial charge in [0.05, 0.1) is 13.2 Å². The molecule has 4 nitrogen and oxygen atoms in total. The summed E-state index contributed by atoms with van der Waals surface area (Å²) in [5, 5.41) is 6.59. The lowest BCUT2D eigenvalue weighted by molar-refractivity contribution is 0.00537. The highest BCUT2D eigenvalue weighted by Crippen LogP contribution is 2.12. The second-order valence-electron chi connectivity index (χ2n) is 5.77. The van der Waals surface area contributed by atoms with Crippen LogP contribution in [0.15, 0.2) is 60.7 Å². The van der Waals surface area contributed by atoms with Gasteiger partial charge in [0.2, 0.25) is 0 Å². The molecule has 2 rings (SSSR count). The highest BCUT2D eigenvalue weighted by Gasteiger charge is 2.17. The van der Waals surface area contributed by atoms with E-state index in [1.807, 2.05) is 36.4 Å². The van der Waals surface area contributed by atoms with Crippen molar-refractivity contribution in [3.05, 3.63) is 71.8 Å². The van der Waals surface area contributed by atoms with Crippen molar-refractivity contribution >= 4 is 23.2 Å². The second-order valence-corrected chi connectivity index (χ2v) is 6.63. The van der Waals surface area contributed by atoms with E-state index in [1.165, 1.54) is 11.1 Å². The Bertz CT molecular complexity index is 533. The number of benzene rings is 2. The Morgan fingerprint density at radius 2 is 1.04 bits per heavy atom. The highest BCUT2D eigenvalue weighted by molar-refractivity contribution is 6.28. The van der Waals surface area contributed by atoms with E-state index in [4.69, 9.17) is 32.7 Å². The van der Waals surface area contributed by atoms with Gasteiger partial charge in [-0.15, -0.1) is 0 Å². The van der Waals surface area contributed by atoms with E-state index in [2.05, 4.69) is 34.9 Å². The van der Waals surface area contributed by atoms with Gasteiger partial charge in [0.25, 0.3) is 0 Å². The number of ether oxygens (including phenoxy) is 2. The monoisotopic (exact) mass is 396 g/mol. The molecule has 2 atom stereocenters. The van der Waals surface area contributed by atoms with Crippen molar-refractivity contribution in [1.29, 1.82) is 0 Å². The van der Waals surface area contributed by atoms with Crippen LogP contribution >= 0.6 is 23.2 Å². The van der Waals surface area contributed by atoms with Crippen molar-refractivity contribution in [2.45, 2.75) is 24.2 Å². The summed E-state index contributed by atoms with van der Waals surface area (Å²) >= 11 is 12.2. The molecule has 0 bridgehead atoms. The molecule has 0 aliphatic carbocycles. The Balaban J connectivity index is 1.46. The van der Waals surface area contributed by atoms with Crippen molar-refractivity contribution < 1.29 is 9.47 Å². The van der Waals surface area contributed by atoms with Gasteiger partial charge in [0.1, 0.15) is 0 Å². The quantitative estimate of drug-likeness (QED) is 0.399. The summed E-state index contributed by atoms with van der Waals surface area (Å²) in [5.74, 6) is 0. The summed E-state index contributed by atoms with van der Waals surface area (Å²) in [4.78, 5) is 0. The van der Waals surface area contributed by atoms with E-state index < -0.39 is 11.1 Å². The maximum absolute atomic E-state index is 6.11. The Morgan fingerprint density at radius 3 is 1.42 bits per heavy atom. The number of halogens is 2. The van der Waals surface area contributed by atoms with Crippen molar-refractivity contribution in [2.75, 3.05) is 26.3 Å². The molecule has 2 N–H and O–H groups in total. The molecule has 0 amide bonds. The molecule has 142 valence electrons. The van der Waals surface area contributed by atoms with Gasteiger partial charge in [-0.1, -0.05) is 83.9 Å². The van der Waals surface area contributed by atoms with Gasteiger partial charge in [-0.05, 0) is 11.1 Å². The maximum Gasteiger partial charge on any atom is 0.171 e. The fraction of sp³-hybridized carbons (Fsp3) is 0.400. The van der Waals surface area contributed by atoms with Crippen LogP contribution in [0.25, 0.3) is 0 Å². The third kappa shape index (κ3) is 8.99. The smallest absolute Gasteiger partial charge is 0.171 e. The van der Waals surface area contributed by atoms with Gasteiger partial charge >= 0.3 is 0 Å². The molecule has 0 aromatic heterocycles. The Hall–Kier alpha value is -1.14. The lowest BCUT2D eigenvalue weighted by Gasteiger charge is -2.18. The molecule has 0 aliphatic rings. The van der Waals surface area contributed by atoms with E-state index in [0.29, 0.717) is 26.3 Å². The fourth-order valence-electron chi connectivity index (χ4n) is 2.30. The van der Waals surface area contributed by atoms with Crippen molar-refractivity contribution in [3.63, 3.8) is 0 Å². The summed E-state index contributed by atoms with van der Waals surface area (Å²) in [7, 11) is 0. The number of nitrogens with one attached hydrogen (secondary N) is 2. The minimum atomic E-state index is -0.677. The minimum absolute atomic E-state index is 0.472. The van der Waals surface area contributed by atoms with Crippen molar-refractivity contribution in [1.82, 2.24) is 10.6 Å². The van der Waals surface area contributed by atoms with Gasteiger partial charge in [0, 0.05) is 26.2 Å². The zero-order chi connectivity index (χ0) is 18.5. The summed E-state index contributed by atoms with van der Waals surface area (Å²) in [6.07, 6.45) is 0. The van der Waals surface area contributed by atoms with Gasteiger partial charge in [0.15, 0.2) is 11.1 Å². The van der Waals surface area contributed by atoms with E-state index in [1.54, 1.807) is 0 Å². The van der Waals surface area contributed by atoms with Crippen LogP contribution in [0, 0.1) is 0 Å². The maximum atomic E-state index is 6.11. The molecule has 6 heteroatoms. The number of alkyl halides is 2. The molecule has 0 fully saturated rings. The number of hydrogen-bond acceptors (Lipinski definition) is 4. The number of hydrogen-bond donors (Lipinski definition) is 2. The van der Waals surface area contributed by atoms with Crippen LogP contribution in [0.2, 0.25) is 0 Å². The predicted molar refractivity (Wildman–Crippen MR) is 107 cm³/mol. The Morgan fingerprint density at radius 1 is 0.654 bits per heavy atom. The number of rotatable bonds is 13. The zero-order valence-electron chi connectivity index (χ0n) is 14.7. The zero-order valence-corrected chi connectivity index (χ0v) is 16.3. The Labute approximate surface area is 165 Å². The molecule has 0 radical (unpaired) electrons. The first-order valence-electron chi connectivity index (χ1n) is 8.76. The van der Waals surface area contributed by atoms with Crippen molar-refractivity contribution in [2.24, 2.45) is 0 Å². The summed E-state index contributed by atoms with van der Waals surface area (Å²) in [6.45, 7) is 3.93. The largest absolute Gasteiger partial charge is 0.357 e. The molecule has 0 saturated heterocycles. The molecular weight excluding hydrogens is 371 g/mol. The first kappa shape index (κ1) is 21.2. The summed E-state index contributed by atoms with van der Waals surface area (Å²) in [5.41, 5.74) is 1.11. The van der Waals surface area contributed by atoms with Gasteiger partial charge < -0.3 is 20.1 Å². The molecule has 26 heavy (non-hydrogen) atoms. The molecule has 2 aromatic rings. The first-order chi connectivity index (χ1) is 12.8. The molecule has 0 spiro atoms. The predicted octanol–water partition coefficient (Wildman–Crippen LogP) is 3.73. The van der Waals surface area contributed by atoms with Crippen LogP contribution in [-0.2, 0) is 22.6 Å². The van der Waals surface area contributed by atoms with Crippen LogP contribution < -0.4 is 10.6 Å². The lowest BCUT2D eigenvalue weighted by Crippen LogP contribution is -2.29. The van der Waals surface area contributed by atoms with Crippen LogP contribution in [0.4, 0.5) is 0 Å². The SMILES string of the molecule is ClC(OCCNCc1ccccc1)C(Cl)OCCNCc1ccccc1. The van der Waals surface area contributed by atoms with Crippen molar-refractivity contribution in [3.8, 4) is 0 Å². The molecular formula is C20H26Cl2N2O2. The fourth-order valence-corrected chi connectivity index (χ4v) is 2.62. The van der Waals surface area contributed by atoms with E-state index in [-0.39, 0.29) is 0 Å². The molecule has 0 aliphatic heterocycles. The van der Waals surface area contributed by atoms with Gasteiger partial charge in [-0.3, -0.25) is 0 Å². The molecule has 0 saturated carbocycles. The standard InChI is InChI=1S/C20H26Cl2N2O2/c21-19(25-13-11-23-15-17-7-3-1-4-8-17)20(22)26-14-12-24-16-18-9-5-2-6-10-18/h1-10,19-20,23-24H,11-16H2. The van der Waals surface area contributed by atoms with E-state index in [9.17, 15) is 0 Å². The summed E-state index contributed by atoms with van der Waals surface area (Å²) in [6, 6.07) is 20.4. The molecule has 0 heterocycles. The third-order valence-corrected chi connectivity index (χ3v) is 4.50. The molecule has 2 unspecified atom stereocenters. The van der Waals surface area contributed by atoms with Crippen LogP contribution in [0.3, 0.4) is 0 Å². The Kier molecular flexibility index (Phi) is 10.7. The molecule has 2 aromatic carbocycles. The highest BCUT2D eigenvalue weighted by atomic mass is 35.5. The average Bonchev–Trinajstić information content (AvgIpc) is 2.68. The first-order valence-corrected chi connectivity index (χ1v) is 9.63. The van der Waals surface area contributed by atoms with Crippen LogP contribution in [0.1, 0.15) is 11.1 Å². The topological polar surface area (TPSA) is 42.5 Å². The summed E-state index contributed by atoms with van der Waals surface area (Å²) < 4.78 is 11.0. The van der Waals surface area contributed by atoms with E-state index in [0.717, 1.165) is 13.1 Å². The second kappa shape index (κ2) is 13.1. The lowest BCUT2D eigenvalue weighted by atomic mass is 10.2. The van der Waals surface area contributed by atoms with Gasteiger partial charge in [-0.25, -0.2) is 0 Å². The average molecular weight is 397 g/mol. The van der Waals surface area contributed by atoms with Gasteiger partial charge in [-0.2, -0.15) is 0 Å². The normalized spacial score (nSPS) is 13.5.